The number of aromatic nitrogens is 3. The summed E-state index contributed by atoms with van der Waals surface area (Å²) in [5.41, 5.74) is 1.92. The number of nitrogens with zero attached hydrogens (tertiary/aromatic N) is 3. The monoisotopic (exact) mass is 379 g/mol. The molecule has 0 fully saturated rings. The highest BCUT2D eigenvalue weighted by molar-refractivity contribution is 14.1. The van der Waals surface area contributed by atoms with Gasteiger partial charge in [-0.05, 0) is 46.7 Å². The smallest absolute Gasteiger partial charge is 0.245 e. The van der Waals surface area contributed by atoms with Gasteiger partial charge in [-0.2, -0.15) is 5.10 Å². The molecule has 0 saturated carbocycles. The van der Waals surface area contributed by atoms with Gasteiger partial charge in [0.2, 0.25) is 5.88 Å². The molecule has 0 amide bonds. The maximum atomic E-state index is 5.94. The van der Waals surface area contributed by atoms with Crippen LogP contribution in [0.2, 0.25) is 0 Å². The van der Waals surface area contributed by atoms with Crippen LogP contribution in [-0.4, -0.2) is 14.6 Å². The molecular formula is C15H14IN3O. The fourth-order valence-corrected chi connectivity index (χ4v) is 2.41. The van der Waals surface area contributed by atoms with Crippen LogP contribution in [-0.2, 0) is 0 Å². The Kier molecular flexibility index (Phi) is 3.60. The first-order valence-electron chi connectivity index (χ1n) is 6.42. The Morgan fingerprint density at radius 1 is 1.25 bits per heavy atom. The number of rotatable bonds is 3. The molecule has 2 heterocycles. The number of fused-ring (bicyclic) bond motifs is 1. The molecule has 102 valence electrons. The van der Waals surface area contributed by atoms with Gasteiger partial charge < -0.3 is 4.74 Å². The molecular weight excluding hydrogens is 365 g/mol. The molecule has 0 aliphatic rings. The van der Waals surface area contributed by atoms with E-state index in [4.69, 9.17) is 4.74 Å². The molecule has 0 saturated heterocycles. The van der Waals surface area contributed by atoms with Crippen molar-refractivity contribution >= 4 is 28.1 Å². The van der Waals surface area contributed by atoms with Gasteiger partial charge in [-0.15, -0.1) is 0 Å². The lowest BCUT2D eigenvalue weighted by atomic mass is 10.1. The van der Waals surface area contributed by atoms with Crippen molar-refractivity contribution < 1.29 is 4.74 Å². The predicted molar refractivity (Wildman–Crippen MR) is 86.3 cm³/mol. The van der Waals surface area contributed by atoms with Crippen LogP contribution in [0.4, 0.5) is 0 Å². The largest absolute Gasteiger partial charge is 0.436 e. The van der Waals surface area contributed by atoms with E-state index in [-0.39, 0.29) is 0 Å². The predicted octanol–water partition coefficient (Wildman–Crippen LogP) is 4.25. The summed E-state index contributed by atoms with van der Waals surface area (Å²) >= 11 is 2.25. The summed E-state index contributed by atoms with van der Waals surface area (Å²) in [7, 11) is 0. The van der Waals surface area contributed by atoms with Gasteiger partial charge in [0.1, 0.15) is 11.3 Å². The van der Waals surface area contributed by atoms with Crippen LogP contribution in [0.5, 0.6) is 11.6 Å². The van der Waals surface area contributed by atoms with Gasteiger partial charge in [-0.1, -0.05) is 26.0 Å². The van der Waals surface area contributed by atoms with Crippen LogP contribution >= 0.6 is 22.6 Å². The minimum Gasteiger partial charge on any atom is -0.436 e. The Morgan fingerprint density at radius 3 is 2.80 bits per heavy atom. The van der Waals surface area contributed by atoms with Gasteiger partial charge in [0.25, 0.3) is 0 Å². The Bertz CT molecular complexity index is 752. The van der Waals surface area contributed by atoms with E-state index in [1.807, 2.05) is 41.0 Å². The van der Waals surface area contributed by atoms with Crippen molar-refractivity contribution in [2.45, 2.75) is 19.8 Å². The van der Waals surface area contributed by atoms with E-state index < -0.39 is 0 Å². The second-order valence-electron chi connectivity index (χ2n) is 4.82. The van der Waals surface area contributed by atoms with Crippen molar-refractivity contribution in [1.29, 1.82) is 0 Å². The molecule has 5 heteroatoms. The third-order valence-electron chi connectivity index (χ3n) is 3.01. The van der Waals surface area contributed by atoms with Crippen molar-refractivity contribution in [2.75, 3.05) is 0 Å². The average molecular weight is 379 g/mol. The molecule has 0 aliphatic heterocycles. The lowest BCUT2D eigenvalue weighted by molar-refractivity contribution is 0.462. The molecule has 3 aromatic rings. The Hall–Kier alpha value is -1.63. The van der Waals surface area contributed by atoms with E-state index in [0.29, 0.717) is 11.8 Å². The molecule has 2 aromatic heterocycles. The van der Waals surface area contributed by atoms with Crippen LogP contribution in [0.15, 0.2) is 42.7 Å². The highest BCUT2D eigenvalue weighted by Gasteiger charge is 2.12. The van der Waals surface area contributed by atoms with Crippen molar-refractivity contribution in [2.24, 2.45) is 0 Å². The van der Waals surface area contributed by atoms with Gasteiger partial charge in [0.05, 0.1) is 9.26 Å². The van der Waals surface area contributed by atoms with E-state index >= 15 is 0 Å². The summed E-state index contributed by atoms with van der Waals surface area (Å²) in [6, 6.07) is 9.91. The standard InChI is InChI=1S/C15H14IN3O/c1-10(2)12-9-13-15(17-7-8-19(13)18-12)20-14-6-4-3-5-11(14)16/h3-10H,1-2H3. The molecule has 4 nitrogen and oxygen atoms in total. The summed E-state index contributed by atoms with van der Waals surface area (Å²) in [6.07, 6.45) is 3.54. The highest BCUT2D eigenvalue weighted by atomic mass is 127. The molecule has 0 radical (unpaired) electrons. The van der Waals surface area contributed by atoms with E-state index in [2.05, 4.69) is 46.5 Å². The van der Waals surface area contributed by atoms with Crippen molar-refractivity contribution in [3.63, 3.8) is 0 Å². The minimum atomic E-state index is 0.375. The average Bonchev–Trinajstić information content (AvgIpc) is 2.86. The van der Waals surface area contributed by atoms with Gasteiger partial charge in [0.15, 0.2) is 0 Å². The van der Waals surface area contributed by atoms with Crippen LogP contribution in [0.3, 0.4) is 0 Å². The van der Waals surface area contributed by atoms with E-state index in [9.17, 15) is 0 Å². The van der Waals surface area contributed by atoms with Gasteiger partial charge in [0, 0.05) is 12.4 Å². The van der Waals surface area contributed by atoms with Gasteiger partial charge in [-0.3, -0.25) is 0 Å². The Balaban J connectivity index is 2.05. The second kappa shape index (κ2) is 5.40. The summed E-state index contributed by atoms with van der Waals surface area (Å²) < 4.78 is 8.80. The third kappa shape index (κ3) is 2.49. The number of hydrogen-bond donors (Lipinski definition) is 0. The lowest BCUT2D eigenvalue weighted by Crippen LogP contribution is -1.95. The zero-order valence-electron chi connectivity index (χ0n) is 11.2. The summed E-state index contributed by atoms with van der Waals surface area (Å²) in [5.74, 6) is 1.76. The molecule has 0 spiro atoms. The van der Waals surface area contributed by atoms with Crippen LogP contribution in [0.1, 0.15) is 25.5 Å². The molecule has 0 N–H and O–H groups in total. The molecule has 0 unspecified atom stereocenters. The normalized spacial score (nSPS) is 11.2. The Labute approximate surface area is 130 Å². The molecule has 20 heavy (non-hydrogen) atoms. The number of benzene rings is 1. The molecule has 3 rings (SSSR count). The first-order valence-corrected chi connectivity index (χ1v) is 7.49. The first-order chi connectivity index (χ1) is 9.65. The number of halogens is 1. The molecule has 0 aliphatic carbocycles. The Morgan fingerprint density at radius 2 is 2.05 bits per heavy atom. The maximum Gasteiger partial charge on any atom is 0.245 e. The lowest BCUT2D eigenvalue weighted by Gasteiger charge is -2.07. The highest BCUT2D eigenvalue weighted by Crippen LogP contribution is 2.28. The quantitative estimate of drug-likeness (QED) is 0.639. The van der Waals surface area contributed by atoms with Crippen LogP contribution in [0, 0.1) is 3.57 Å². The molecule has 0 bridgehead atoms. The fraction of sp³-hybridized carbons (Fsp3) is 0.200. The minimum absolute atomic E-state index is 0.375. The fourth-order valence-electron chi connectivity index (χ4n) is 1.91. The molecule has 1 aromatic carbocycles. The van der Waals surface area contributed by atoms with Crippen molar-refractivity contribution in [1.82, 2.24) is 14.6 Å². The first kappa shape index (κ1) is 13.4. The zero-order valence-corrected chi connectivity index (χ0v) is 13.4. The summed E-state index contributed by atoms with van der Waals surface area (Å²) in [5, 5.41) is 4.53. The SMILES string of the molecule is CC(C)c1cc2c(Oc3ccccc3I)nccn2n1. The molecule has 0 atom stereocenters. The van der Waals surface area contributed by atoms with E-state index in [1.54, 1.807) is 6.20 Å². The van der Waals surface area contributed by atoms with Crippen molar-refractivity contribution in [3.05, 3.63) is 52.0 Å². The van der Waals surface area contributed by atoms with E-state index in [0.717, 1.165) is 20.5 Å². The topological polar surface area (TPSA) is 39.4 Å². The van der Waals surface area contributed by atoms with E-state index in [1.165, 1.54) is 0 Å². The van der Waals surface area contributed by atoms with Crippen molar-refractivity contribution in [3.8, 4) is 11.6 Å². The van der Waals surface area contributed by atoms with Crippen LogP contribution < -0.4 is 4.74 Å². The van der Waals surface area contributed by atoms with Gasteiger partial charge in [-0.25, -0.2) is 9.50 Å². The van der Waals surface area contributed by atoms with Gasteiger partial charge >= 0.3 is 0 Å². The number of hydrogen-bond acceptors (Lipinski definition) is 3. The second-order valence-corrected chi connectivity index (χ2v) is 5.98. The summed E-state index contributed by atoms with van der Waals surface area (Å²) in [6.45, 7) is 4.24. The van der Waals surface area contributed by atoms with Crippen LogP contribution in [0.25, 0.3) is 5.52 Å². The zero-order chi connectivity index (χ0) is 14.1. The third-order valence-corrected chi connectivity index (χ3v) is 3.90. The number of para-hydroxylation sites is 1. The maximum absolute atomic E-state index is 5.94. The summed E-state index contributed by atoms with van der Waals surface area (Å²) in [4.78, 5) is 4.33. The number of ether oxygens (including phenoxy) is 1.